The molecule has 96 valence electrons. The van der Waals surface area contributed by atoms with Crippen molar-refractivity contribution in [2.75, 3.05) is 6.61 Å². The van der Waals surface area contributed by atoms with Gasteiger partial charge in [0.05, 0.1) is 12.5 Å². The standard InChI is InChI=1S/C10H22O.C4H6O/c1-2-3-4-5-6-7-8-9-10-11;1-3-5-4-2/h11H,2-10H2,1H3;3-4H,1-2H2. The molecule has 1 N–H and O–H groups in total. The topological polar surface area (TPSA) is 29.5 Å². The van der Waals surface area contributed by atoms with E-state index in [1.54, 1.807) is 0 Å². The van der Waals surface area contributed by atoms with Gasteiger partial charge in [0.25, 0.3) is 0 Å². The average molecular weight is 228 g/mol. The molecule has 0 spiro atoms. The van der Waals surface area contributed by atoms with E-state index in [2.05, 4.69) is 24.8 Å². The molecule has 0 aliphatic heterocycles. The Morgan fingerprint density at radius 3 is 1.62 bits per heavy atom. The number of rotatable bonds is 10. The first-order chi connectivity index (χ1) is 7.83. The second-order valence-corrected chi connectivity index (χ2v) is 3.67. The fourth-order valence-electron chi connectivity index (χ4n) is 1.31. The van der Waals surface area contributed by atoms with Gasteiger partial charge >= 0.3 is 0 Å². The van der Waals surface area contributed by atoms with Gasteiger partial charge in [-0.1, -0.05) is 65.0 Å². The van der Waals surface area contributed by atoms with Crippen LogP contribution in [0.3, 0.4) is 0 Å². The molecule has 0 aromatic carbocycles. The Hall–Kier alpha value is -0.760. The molecule has 0 aromatic heterocycles. The summed E-state index contributed by atoms with van der Waals surface area (Å²) in [6, 6.07) is 0. The molecule has 0 fully saturated rings. The highest BCUT2D eigenvalue weighted by Gasteiger charge is 1.89. The van der Waals surface area contributed by atoms with E-state index in [0.717, 1.165) is 6.42 Å². The first-order valence-corrected chi connectivity index (χ1v) is 6.31. The van der Waals surface area contributed by atoms with Crippen molar-refractivity contribution in [1.82, 2.24) is 0 Å². The molecule has 0 unspecified atom stereocenters. The third-order valence-corrected chi connectivity index (χ3v) is 2.20. The molecule has 0 aliphatic rings. The molecular formula is C14H28O2. The Balaban J connectivity index is 0. The van der Waals surface area contributed by atoms with Crippen LogP contribution in [-0.2, 0) is 4.74 Å². The maximum absolute atomic E-state index is 8.51. The molecule has 0 radical (unpaired) electrons. The van der Waals surface area contributed by atoms with Crippen molar-refractivity contribution in [2.45, 2.75) is 58.3 Å². The number of aliphatic hydroxyl groups excluding tert-OH is 1. The van der Waals surface area contributed by atoms with Crippen molar-refractivity contribution >= 4 is 0 Å². The summed E-state index contributed by atoms with van der Waals surface area (Å²) in [4.78, 5) is 0. The maximum atomic E-state index is 8.51. The minimum atomic E-state index is 0.370. The second-order valence-electron chi connectivity index (χ2n) is 3.67. The fraction of sp³-hybridized carbons (Fsp3) is 0.714. The first-order valence-electron chi connectivity index (χ1n) is 6.31. The lowest BCUT2D eigenvalue weighted by atomic mass is 10.1. The van der Waals surface area contributed by atoms with Crippen LogP contribution in [0.5, 0.6) is 0 Å². The molecular weight excluding hydrogens is 200 g/mol. The second kappa shape index (κ2) is 19.8. The van der Waals surface area contributed by atoms with E-state index >= 15 is 0 Å². The third-order valence-electron chi connectivity index (χ3n) is 2.20. The first kappa shape index (κ1) is 17.6. The normalized spacial score (nSPS) is 8.88. The highest BCUT2D eigenvalue weighted by molar-refractivity contribution is 4.57. The van der Waals surface area contributed by atoms with Crippen LogP contribution in [0.1, 0.15) is 58.3 Å². The van der Waals surface area contributed by atoms with E-state index in [1.807, 2.05) is 0 Å². The number of hydrogen-bond acceptors (Lipinski definition) is 2. The summed E-state index contributed by atoms with van der Waals surface area (Å²) in [6.07, 6.45) is 13.0. The number of ether oxygens (including phenoxy) is 1. The zero-order valence-electron chi connectivity index (χ0n) is 10.8. The van der Waals surface area contributed by atoms with Gasteiger partial charge < -0.3 is 9.84 Å². The van der Waals surface area contributed by atoms with Crippen LogP contribution in [-0.4, -0.2) is 11.7 Å². The molecule has 0 heterocycles. The van der Waals surface area contributed by atoms with Crippen LogP contribution in [0.2, 0.25) is 0 Å². The Bertz CT molecular complexity index is 119. The molecule has 0 amide bonds. The lowest BCUT2D eigenvalue weighted by Crippen LogP contribution is -1.83. The highest BCUT2D eigenvalue weighted by Crippen LogP contribution is 2.07. The largest absolute Gasteiger partial charge is 0.474 e. The van der Waals surface area contributed by atoms with Crippen LogP contribution in [0.4, 0.5) is 0 Å². The number of hydrogen-bond donors (Lipinski definition) is 1. The van der Waals surface area contributed by atoms with Crippen LogP contribution >= 0.6 is 0 Å². The summed E-state index contributed by atoms with van der Waals surface area (Å²) >= 11 is 0. The smallest absolute Gasteiger partial charge is 0.0829 e. The van der Waals surface area contributed by atoms with Crippen molar-refractivity contribution in [3.05, 3.63) is 25.7 Å². The minimum absolute atomic E-state index is 0.370. The van der Waals surface area contributed by atoms with Crippen LogP contribution in [0.15, 0.2) is 25.7 Å². The summed E-state index contributed by atoms with van der Waals surface area (Å²) < 4.78 is 4.36. The third kappa shape index (κ3) is 23.2. The zero-order valence-corrected chi connectivity index (χ0v) is 10.8. The van der Waals surface area contributed by atoms with Gasteiger partial charge in [-0.3, -0.25) is 0 Å². The Labute approximate surface area is 101 Å². The van der Waals surface area contributed by atoms with Gasteiger partial charge in [0.2, 0.25) is 0 Å². The summed E-state index contributed by atoms with van der Waals surface area (Å²) in [7, 11) is 0. The molecule has 0 rings (SSSR count). The molecule has 0 saturated carbocycles. The summed E-state index contributed by atoms with van der Waals surface area (Å²) in [5.74, 6) is 0. The maximum Gasteiger partial charge on any atom is 0.0829 e. The Morgan fingerprint density at radius 1 is 0.875 bits per heavy atom. The van der Waals surface area contributed by atoms with Gasteiger partial charge in [0.1, 0.15) is 0 Å². The predicted molar refractivity (Wildman–Crippen MR) is 71.2 cm³/mol. The highest BCUT2D eigenvalue weighted by atomic mass is 16.5. The average Bonchev–Trinajstić information content (AvgIpc) is 2.30. The molecule has 2 heteroatoms. The van der Waals surface area contributed by atoms with Crippen LogP contribution in [0.25, 0.3) is 0 Å². The van der Waals surface area contributed by atoms with Gasteiger partial charge in [0.15, 0.2) is 0 Å². The molecule has 0 aliphatic carbocycles. The lowest BCUT2D eigenvalue weighted by Gasteiger charge is -1.98. The Kier molecular flexibility index (Phi) is 21.8. The van der Waals surface area contributed by atoms with Gasteiger partial charge in [-0.05, 0) is 6.42 Å². The van der Waals surface area contributed by atoms with Gasteiger partial charge in [-0.2, -0.15) is 0 Å². The molecule has 16 heavy (non-hydrogen) atoms. The van der Waals surface area contributed by atoms with E-state index < -0.39 is 0 Å². The molecule has 0 saturated heterocycles. The molecule has 0 bridgehead atoms. The van der Waals surface area contributed by atoms with Crippen LogP contribution in [0, 0.1) is 0 Å². The van der Waals surface area contributed by atoms with Gasteiger partial charge in [0, 0.05) is 6.61 Å². The van der Waals surface area contributed by atoms with E-state index in [1.165, 1.54) is 57.5 Å². The van der Waals surface area contributed by atoms with E-state index in [0.29, 0.717) is 6.61 Å². The lowest BCUT2D eigenvalue weighted by molar-refractivity contribution is 0.282. The number of aliphatic hydroxyl groups is 1. The monoisotopic (exact) mass is 228 g/mol. The van der Waals surface area contributed by atoms with Crippen LogP contribution < -0.4 is 0 Å². The summed E-state index contributed by atoms with van der Waals surface area (Å²) in [5.41, 5.74) is 0. The summed E-state index contributed by atoms with van der Waals surface area (Å²) in [6.45, 7) is 9.13. The fourth-order valence-corrected chi connectivity index (χ4v) is 1.31. The SMILES string of the molecule is C=COC=C.CCCCCCCCCCO. The number of unbranched alkanes of at least 4 members (excludes halogenated alkanes) is 7. The van der Waals surface area contributed by atoms with Gasteiger partial charge in [-0.15, -0.1) is 0 Å². The van der Waals surface area contributed by atoms with E-state index in [4.69, 9.17) is 5.11 Å². The van der Waals surface area contributed by atoms with Gasteiger partial charge in [-0.25, -0.2) is 0 Å². The van der Waals surface area contributed by atoms with Crippen molar-refractivity contribution in [2.24, 2.45) is 0 Å². The minimum Gasteiger partial charge on any atom is -0.474 e. The van der Waals surface area contributed by atoms with E-state index in [-0.39, 0.29) is 0 Å². The molecule has 0 aromatic rings. The predicted octanol–water partition coefficient (Wildman–Crippen LogP) is 4.41. The van der Waals surface area contributed by atoms with E-state index in [9.17, 15) is 0 Å². The summed E-state index contributed by atoms with van der Waals surface area (Å²) in [5, 5.41) is 8.51. The molecule has 0 atom stereocenters. The van der Waals surface area contributed by atoms with Crippen molar-refractivity contribution in [3.63, 3.8) is 0 Å². The van der Waals surface area contributed by atoms with Crippen molar-refractivity contribution in [3.8, 4) is 0 Å². The van der Waals surface area contributed by atoms with Crippen molar-refractivity contribution in [1.29, 1.82) is 0 Å². The quantitative estimate of drug-likeness (QED) is 0.443. The van der Waals surface area contributed by atoms with Crippen molar-refractivity contribution < 1.29 is 9.84 Å². The Morgan fingerprint density at radius 2 is 1.31 bits per heavy atom. The zero-order chi connectivity index (χ0) is 12.5. The molecule has 2 nitrogen and oxygen atoms in total.